The highest BCUT2D eigenvalue weighted by Gasteiger charge is 2.06. The number of hydrogen-bond acceptors (Lipinski definition) is 3. The van der Waals surface area contributed by atoms with Gasteiger partial charge >= 0.3 is 0 Å². The number of nitrogens with zero attached hydrogens (tertiary/aromatic N) is 2. The number of aromatic nitrogens is 1. The molecule has 0 aliphatic carbocycles. The molecule has 1 rings (SSSR count). The van der Waals surface area contributed by atoms with Crippen LogP contribution in [0.3, 0.4) is 0 Å². The molecule has 0 atom stereocenters. The number of hydrogen-bond donors (Lipinski definition) is 1. The summed E-state index contributed by atoms with van der Waals surface area (Å²) in [7, 11) is 2.03. The van der Waals surface area contributed by atoms with Gasteiger partial charge in [-0.05, 0) is 31.5 Å². The minimum absolute atomic E-state index is 0.635. The minimum Gasteiger partial charge on any atom is -0.360 e. The van der Waals surface area contributed by atoms with Crippen LogP contribution in [0.5, 0.6) is 0 Å². The van der Waals surface area contributed by atoms with E-state index < -0.39 is 0 Å². The molecule has 0 fully saturated rings. The van der Waals surface area contributed by atoms with Crippen LogP contribution in [-0.4, -0.2) is 25.1 Å². The Morgan fingerprint density at radius 2 is 2.12 bits per heavy atom. The van der Waals surface area contributed by atoms with Crippen molar-refractivity contribution in [3.05, 3.63) is 22.8 Å². The smallest absolute Gasteiger partial charge is 0.128 e. The van der Waals surface area contributed by atoms with Gasteiger partial charge in [0.05, 0.1) is 10.7 Å². The molecule has 1 heterocycles. The van der Waals surface area contributed by atoms with Crippen LogP contribution in [0, 0.1) is 5.92 Å². The standard InChI is InChI=1S/C13H22ClN3/c1-5-17(4)13-7-6-11(14)12(16-13)9-15-8-10(2)3/h6-7,10,15H,5,8-9H2,1-4H3. The summed E-state index contributed by atoms with van der Waals surface area (Å²) in [5, 5.41) is 4.09. The Kier molecular flexibility index (Phi) is 5.72. The van der Waals surface area contributed by atoms with E-state index in [-0.39, 0.29) is 0 Å². The van der Waals surface area contributed by atoms with Crippen LogP contribution in [0.4, 0.5) is 5.82 Å². The summed E-state index contributed by atoms with van der Waals surface area (Å²) >= 11 is 6.14. The molecule has 1 N–H and O–H groups in total. The zero-order valence-electron chi connectivity index (χ0n) is 11.1. The van der Waals surface area contributed by atoms with E-state index in [4.69, 9.17) is 11.6 Å². The fraction of sp³-hybridized carbons (Fsp3) is 0.615. The Bertz CT molecular complexity index is 353. The van der Waals surface area contributed by atoms with Gasteiger partial charge in [0.2, 0.25) is 0 Å². The predicted molar refractivity (Wildman–Crippen MR) is 74.7 cm³/mol. The van der Waals surface area contributed by atoms with Gasteiger partial charge in [-0.15, -0.1) is 0 Å². The van der Waals surface area contributed by atoms with Crippen LogP contribution >= 0.6 is 11.6 Å². The average molecular weight is 256 g/mol. The molecule has 0 aliphatic rings. The van der Waals surface area contributed by atoms with Crippen molar-refractivity contribution in [3.63, 3.8) is 0 Å². The zero-order chi connectivity index (χ0) is 12.8. The van der Waals surface area contributed by atoms with E-state index in [9.17, 15) is 0 Å². The SMILES string of the molecule is CCN(C)c1ccc(Cl)c(CNCC(C)C)n1. The highest BCUT2D eigenvalue weighted by atomic mass is 35.5. The molecule has 0 unspecified atom stereocenters. The molecule has 0 saturated heterocycles. The summed E-state index contributed by atoms with van der Waals surface area (Å²) in [5.74, 6) is 1.61. The lowest BCUT2D eigenvalue weighted by atomic mass is 10.2. The molecular formula is C13H22ClN3. The first-order valence-electron chi connectivity index (χ1n) is 6.11. The van der Waals surface area contributed by atoms with E-state index in [2.05, 4.69) is 36.0 Å². The van der Waals surface area contributed by atoms with Crippen LogP contribution in [-0.2, 0) is 6.54 Å². The summed E-state index contributed by atoms with van der Waals surface area (Å²) in [4.78, 5) is 6.67. The third-order valence-corrected chi connectivity index (χ3v) is 2.96. The van der Waals surface area contributed by atoms with E-state index in [0.29, 0.717) is 5.92 Å². The molecule has 0 aliphatic heterocycles. The van der Waals surface area contributed by atoms with Crippen LogP contribution in [0.25, 0.3) is 0 Å². The summed E-state index contributed by atoms with van der Waals surface area (Å²) in [6, 6.07) is 3.88. The molecule has 0 spiro atoms. The van der Waals surface area contributed by atoms with Crippen molar-refractivity contribution in [3.8, 4) is 0 Å². The highest BCUT2D eigenvalue weighted by Crippen LogP contribution is 2.18. The van der Waals surface area contributed by atoms with Crippen molar-refractivity contribution in [1.29, 1.82) is 0 Å². The monoisotopic (exact) mass is 255 g/mol. The molecule has 0 radical (unpaired) electrons. The topological polar surface area (TPSA) is 28.2 Å². The van der Waals surface area contributed by atoms with Gasteiger partial charge in [0.1, 0.15) is 5.82 Å². The summed E-state index contributed by atoms with van der Waals surface area (Å²) in [6.45, 7) is 9.11. The largest absolute Gasteiger partial charge is 0.360 e. The van der Waals surface area contributed by atoms with Gasteiger partial charge in [-0.2, -0.15) is 0 Å². The molecule has 1 aromatic rings. The van der Waals surface area contributed by atoms with Crippen molar-refractivity contribution in [1.82, 2.24) is 10.3 Å². The van der Waals surface area contributed by atoms with Crippen LogP contribution < -0.4 is 10.2 Å². The quantitative estimate of drug-likeness (QED) is 0.847. The Labute approximate surface area is 109 Å². The van der Waals surface area contributed by atoms with Gasteiger partial charge in [0.15, 0.2) is 0 Å². The fourth-order valence-corrected chi connectivity index (χ4v) is 1.62. The first-order valence-corrected chi connectivity index (χ1v) is 6.49. The molecule has 0 amide bonds. The molecule has 0 aromatic carbocycles. The Balaban J connectivity index is 2.69. The lowest BCUT2D eigenvalue weighted by molar-refractivity contribution is 0.548. The number of pyridine rings is 1. The van der Waals surface area contributed by atoms with E-state index in [0.717, 1.165) is 36.2 Å². The third kappa shape index (κ3) is 4.52. The second kappa shape index (κ2) is 6.82. The Morgan fingerprint density at radius 3 is 2.71 bits per heavy atom. The molecule has 0 saturated carbocycles. The Morgan fingerprint density at radius 1 is 1.41 bits per heavy atom. The molecule has 1 aromatic heterocycles. The second-order valence-corrected chi connectivity index (χ2v) is 5.04. The maximum Gasteiger partial charge on any atom is 0.128 e. The minimum atomic E-state index is 0.635. The number of nitrogens with one attached hydrogen (secondary N) is 1. The van der Waals surface area contributed by atoms with E-state index in [1.54, 1.807) is 0 Å². The molecule has 17 heavy (non-hydrogen) atoms. The van der Waals surface area contributed by atoms with Gasteiger partial charge in [-0.1, -0.05) is 25.4 Å². The van der Waals surface area contributed by atoms with E-state index >= 15 is 0 Å². The zero-order valence-corrected chi connectivity index (χ0v) is 11.9. The van der Waals surface area contributed by atoms with E-state index in [1.165, 1.54) is 0 Å². The lowest BCUT2D eigenvalue weighted by Crippen LogP contribution is -2.22. The van der Waals surface area contributed by atoms with Crippen LogP contribution in [0.1, 0.15) is 26.5 Å². The van der Waals surface area contributed by atoms with Crippen molar-refractivity contribution in [2.45, 2.75) is 27.3 Å². The molecule has 96 valence electrons. The van der Waals surface area contributed by atoms with Crippen molar-refractivity contribution >= 4 is 17.4 Å². The number of anilines is 1. The summed E-state index contributed by atoms with van der Waals surface area (Å²) < 4.78 is 0. The third-order valence-electron chi connectivity index (χ3n) is 2.61. The van der Waals surface area contributed by atoms with Crippen LogP contribution in [0.15, 0.2) is 12.1 Å². The second-order valence-electron chi connectivity index (χ2n) is 4.64. The normalized spacial score (nSPS) is 10.9. The van der Waals surface area contributed by atoms with Crippen molar-refractivity contribution < 1.29 is 0 Å². The molecule has 4 heteroatoms. The fourth-order valence-electron chi connectivity index (χ4n) is 1.45. The van der Waals surface area contributed by atoms with Gasteiger partial charge in [0, 0.05) is 20.1 Å². The van der Waals surface area contributed by atoms with Gasteiger partial charge in [-0.3, -0.25) is 0 Å². The van der Waals surface area contributed by atoms with Gasteiger partial charge < -0.3 is 10.2 Å². The maximum absolute atomic E-state index is 6.14. The number of rotatable bonds is 6. The van der Waals surface area contributed by atoms with E-state index in [1.807, 2.05) is 19.2 Å². The van der Waals surface area contributed by atoms with Crippen molar-refractivity contribution in [2.24, 2.45) is 5.92 Å². The Hall–Kier alpha value is -0.800. The van der Waals surface area contributed by atoms with Gasteiger partial charge in [0.25, 0.3) is 0 Å². The molecule has 0 bridgehead atoms. The summed E-state index contributed by atoms with van der Waals surface area (Å²) in [6.07, 6.45) is 0. The first-order chi connectivity index (χ1) is 8.04. The van der Waals surface area contributed by atoms with Crippen LogP contribution in [0.2, 0.25) is 5.02 Å². The van der Waals surface area contributed by atoms with Crippen molar-refractivity contribution in [2.75, 3.05) is 25.0 Å². The average Bonchev–Trinajstić information content (AvgIpc) is 2.30. The lowest BCUT2D eigenvalue weighted by Gasteiger charge is -2.17. The highest BCUT2D eigenvalue weighted by molar-refractivity contribution is 6.31. The maximum atomic E-state index is 6.14. The number of halogens is 1. The molecule has 3 nitrogen and oxygen atoms in total. The summed E-state index contributed by atoms with van der Waals surface area (Å²) in [5.41, 5.74) is 0.921. The first kappa shape index (κ1) is 14.3. The predicted octanol–water partition coefficient (Wildman–Crippen LogP) is 2.94. The molecular weight excluding hydrogens is 234 g/mol. The van der Waals surface area contributed by atoms with Gasteiger partial charge in [-0.25, -0.2) is 4.98 Å².